The zero-order chi connectivity index (χ0) is 23.5. The number of aliphatic hydroxyl groups excluding tert-OH is 1. The Kier molecular flexibility index (Phi) is 6.83. The van der Waals surface area contributed by atoms with E-state index in [9.17, 15) is 9.90 Å². The fourth-order valence-electron chi connectivity index (χ4n) is 5.13. The molecule has 0 radical (unpaired) electrons. The summed E-state index contributed by atoms with van der Waals surface area (Å²) in [7, 11) is 0. The normalized spacial score (nSPS) is 17.2. The minimum Gasteiger partial charge on any atom is -0.465 e. The lowest BCUT2D eigenvalue weighted by molar-refractivity contribution is 0.0538. The summed E-state index contributed by atoms with van der Waals surface area (Å²) in [5.74, 6) is 1.87. The summed E-state index contributed by atoms with van der Waals surface area (Å²) in [5, 5.41) is 14.7. The van der Waals surface area contributed by atoms with Gasteiger partial charge in [-0.25, -0.2) is 0 Å². The first kappa shape index (κ1) is 22.9. The molecular formula is C27H34N4O3. The van der Waals surface area contributed by atoms with Crippen LogP contribution < -0.4 is 0 Å². The van der Waals surface area contributed by atoms with Gasteiger partial charge in [0, 0.05) is 50.4 Å². The second-order valence-corrected chi connectivity index (χ2v) is 9.58. The van der Waals surface area contributed by atoms with E-state index in [4.69, 9.17) is 9.52 Å². The summed E-state index contributed by atoms with van der Waals surface area (Å²) in [6.45, 7) is 6.29. The van der Waals surface area contributed by atoms with Gasteiger partial charge in [0.05, 0.1) is 12.6 Å². The number of aryl methyl sites for hydroxylation is 3. The minimum atomic E-state index is -0.305. The zero-order valence-corrected chi connectivity index (χ0v) is 19.9. The fourth-order valence-corrected chi connectivity index (χ4v) is 5.13. The van der Waals surface area contributed by atoms with Gasteiger partial charge in [-0.2, -0.15) is 5.10 Å². The Morgan fingerprint density at radius 2 is 1.91 bits per heavy atom. The maximum atomic E-state index is 13.5. The fraction of sp³-hybridized carbons (Fsp3) is 0.481. The van der Waals surface area contributed by atoms with Gasteiger partial charge in [0.25, 0.3) is 5.91 Å². The van der Waals surface area contributed by atoms with E-state index in [1.165, 1.54) is 11.3 Å². The summed E-state index contributed by atoms with van der Waals surface area (Å²) in [4.78, 5) is 17.7. The minimum absolute atomic E-state index is 0.000604. The molecule has 7 heteroatoms. The molecule has 0 atom stereocenters. The highest BCUT2D eigenvalue weighted by Gasteiger charge is 2.32. The third kappa shape index (κ3) is 5.10. The number of aliphatic hydroxyl groups is 1. The Hall–Kier alpha value is -2.90. The summed E-state index contributed by atoms with van der Waals surface area (Å²) < 4.78 is 7.88. The highest BCUT2D eigenvalue weighted by atomic mass is 16.3. The molecule has 7 nitrogen and oxygen atoms in total. The summed E-state index contributed by atoms with van der Waals surface area (Å²) in [5.41, 5.74) is 4.17. The Bertz CT molecular complexity index is 1110. The zero-order valence-electron chi connectivity index (χ0n) is 19.9. The quantitative estimate of drug-likeness (QED) is 0.581. The maximum Gasteiger partial charge on any atom is 0.274 e. The molecule has 1 fully saturated rings. The van der Waals surface area contributed by atoms with Gasteiger partial charge in [-0.1, -0.05) is 30.3 Å². The first-order valence-corrected chi connectivity index (χ1v) is 12.4. The molecule has 1 saturated heterocycles. The molecule has 1 N–H and O–H groups in total. The van der Waals surface area contributed by atoms with Gasteiger partial charge in [-0.05, 0) is 50.3 Å². The van der Waals surface area contributed by atoms with Crippen molar-refractivity contribution in [3.05, 3.63) is 76.5 Å². The Morgan fingerprint density at radius 3 is 2.65 bits per heavy atom. The number of rotatable bonds is 7. The molecule has 3 aromatic rings. The van der Waals surface area contributed by atoms with Gasteiger partial charge in [-0.3, -0.25) is 14.4 Å². The second kappa shape index (κ2) is 10.2. The highest BCUT2D eigenvalue weighted by molar-refractivity contribution is 5.94. The number of benzene rings is 1. The highest BCUT2D eigenvalue weighted by Crippen LogP contribution is 2.27. The molecule has 180 valence electrons. The lowest BCUT2D eigenvalue weighted by Crippen LogP contribution is -2.41. The SMILES string of the molecule is Cc1ccc(CN2CCc3c(c(C(=O)N4CCC(O)CC4)nn3CCCc3ccccc3)C2)o1. The molecule has 0 saturated carbocycles. The number of hydrogen-bond acceptors (Lipinski definition) is 5. The lowest BCUT2D eigenvalue weighted by atomic mass is 10.0. The summed E-state index contributed by atoms with van der Waals surface area (Å²) in [6.07, 6.45) is 3.81. The number of fused-ring (bicyclic) bond motifs is 1. The molecule has 34 heavy (non-hydrogen) atoms. The molecule has 0 unspecified atom stereocenters. The largest absolute Gasteiger partial charge is 0.465 e. The predicted octanol–water partition coefficient (Wildman–Crippen LogP) is 3.57. The van der Waals surface area contributed by atoms with E-state index in [0.717, 1.165) is 56.0 Å². The molecule has 2 aliphatic rings. The van der Waals surface area contributed by atoms with Crippen LogP contribution in [0.3, 0.4) is 0 Å². The van der Waals surface area contributed by atoms with Crippen molar-refractivity contribution in [2.24, 2.45) is 0 Å². The molecule has 2 aliphatic heterocycles. The molecule has 0 bridgehead atoms. The van der Waals surface area contributed by atoms with Gasteiger partial charge < -0.3 is 14.4 Å². The van der Waals surface area contributed by atoms with Crippen molar-refractivity contribution in [3.63, 3.8) is 0 Å². The molecule has 0 aliphatic carbocycles. The van der Waals surface area contributed by atoms with Crippen LogP contribution in [0.2, 0.25) is 0 Å². The standard InChI is InChI=1S/C27H34N4O3/c1-20-9-10-23(34-20)18-29-15-13-25-24(19-29)26(27(33)30-16-11-22(32)12-17-30)28-31(25)14-5-8-21-6-3-2-4-7-21/h2-4,6-7,9-10,22,32H,5,8,11-19H2,1H3. The number of piperidine rings is 1. The molecule has 5 rings (SSSR count). The van der Waals surface area contributed by atoms with Crippen molar-refractivity contribution in [1.82, 2.24) is 19.6 Å². The van der Waals surface area contributed by atoms with Gasteiger partial charge in [0.15, 0.2) is 5.69 Å². The Labute approximate surface area is 201 Å². The number of furan rings is 1. The molecule has 2 aromatic heterocycles. The number of aromatic nitrogens is 2. The molecular weight excluding hydrogens is 428 g/mol. The molecule has 1 amide bonds. The van der Waals surface area contributed by atoms with Crippen LogP contribution in [-0.4, -0.2) is 56.3 Å². The van der Waals surface area contributed by atoms with Gasteiger partial charge in [0.1, 0.15) is 11.5 Å². The first-order valence-electron chi connectivity index (χ1n) is 12.4. The topological polar surface area (TPSA) is 74.7 Å². The van der Waals surface area contributed by atoms with Crippen molar-refractivity contribution < 1.29 is 14.3 Å². The number of likely N-dealkylation sites (tertiary alicyclic amines) is 1. The van der Waals surface area contributed by atoms with Crippen LogP contribution >= 0.6 is 0 Å². The van der Waals surface area contributed by atoms with Crippen LogP contribution in [0, 0.1) is 6.92 Å². The van der Waals surface area contributed by atoms with E-state index < -0.39 is 0 Å². The number of carbonyl (C=O) groups excluding carboxylic acids is 1. The number of carbonyl (C=O) groups is 1. The van der Waals surface area contributed by atoms with Gasteiger partial charge in [-0.15, -0.1) is 0 Å². The number of hydrogen-bond donors (Lipinski definition) is 1. The molecule has 1 aromatic carbocycles. The van der Waals surface area contributed by atoms with Crippen LogP contribution in [0.4, 0.5) is 0 Å². The predicted molar refractivity (Wildman–Crippen MR) is 129 cm³/mol. The smallest absolute Gasteiger partial charge is 0.274 e. The van der Waals surface area contributed by atoms with E-state index in [1.54, 1.807) is 0 Å². The average Bonchev–Trinajstić information content (AvgIpc) is 3.42. The summed E-state index contributed by atoms with van der Waals surface area (Å²) >= 11 is 0. The van der Waals surface area contributed by atoms with E-state index in [0.29, 0.717) is 38.2 Å². The maximum absolute atomic E-state index is 13.5. The van der Waals surface area contributed by atoms with Crippen molar-refractivity contribution in [1.29, 1.82) is 0 Å². The van der Waals surface area contributed by atoms with Crippen LogP contribution in [-0.2, 0) is 32.5 Å². The van der Waals surface area contributed by atoms with Gasteiger partial charge >= 0.3 is 0 Å². The van der Waals surface area contributed by atoms with Crippen molar-refractivity contribution in [2.45, 2.75) is 64.8 Å². The monoisotopic (exact) mass is 462 g/mol. The van der Waals surface area contributed by atoms with Crippen LogP contribution in [0.1, 0.15) is 58.1 Å². The van der Waals surface area contributed by atoms with Crippen molar-refractivity contribution >= 4 is 5.91 Å². The van der Waals surface area contributed by atoms with Crippen LogP contribution in [0.25, 0.3) is 0 Å². The van der Waals surface area contributed by atoms with Gasteiger partial charge in [0.2, 0.25) is 0 Å². The van der Waals surface area contributed by atoms with E-state index in [2.05, 4.69) is 33.8 Å². The van der Waals surface area contributed by atoms with Crippen molar-refractivity contribution in [2.75, 3.05) is 19.6 Å². The second-order valence-electron chi connectivity index (χ2n) is 9.58. The molecule has 0 spiro atoms. The molecule has 4 heterocycles. The van der Waals surface area contributed by atoms with Crippen molar-refractivity contribution in [3.8, 4) is 0 Å². The van der Waals surface area contributed by atoms with Crippen LogP contribution in [0.15, 0.2) is 46.9 Å². The first-order chi connectivity index (χ1) is 16.6. The number of amides is 1. The van der Waals surface area contributed by atoms with E-state index in [1.807, 2.05) is 30.0 Å². The number of nitrogens with zero attached hydrogens (tertiary/aromatic N) is 4. The third-order valence-corrected chi connectivity index (χ3v) is 7.02. The Morgan fingerprint density at radius 1 is 1.12 bits per heavy atom. The lowest BCUT2D eigenvalue weighted by Gasteiger charge is -2.30. The van der Waals surface area contributed by atoms with Crippen LogP contribution in [0.5, 0.6) is 0 Å². The van der Waals surface area contributed by atoms with E-state index >= 15 is 0 Å². The van der Waals surface area contributed by atoms with E-state index in [-0.39, 0.29) is 12.0 Å². The summed E-state index contributed by atoms with van der Waals surface area (Å²) in [6, 6.07) is 14.5. The third-order valence-electron chi connectivity index (χ3n) is 7.02. The Balaban J connectivity index is 1.35. The average molecular weight is 463 g/mol.